The van der Waals surface area contributed by atoms with Crippen LogP contribution in [0.25, 0.3) is 0 Å². The predicted octanol–water partition coefficient (Wildman–Crippen LogP) is 4.90. The quantitative estimate of drug-likeness (QED) is 0.474. The predicted molar refractivity (Wildman–Crippen MR) is 157 cm³/mol. The molecule has 0 saturated carbocycles. The Morgan fingerprint density at radius 1 is 0.791 bits per heavy atom. The number of ether oxygens (including phenoxy) is 4. The van der Waals surface area contributed by atoms with Crippen LogP contribution in [0.5, 0.6) is 0 Å². The molecule has 43 heavy (non-hydrogen) atoms. The summed E-state index contributed by atoms with van der Waals surface area (Å²) < 4.78 is 21.7. The minimum absolute atomic E-state index is 0.269. The zero-order chi connectivity index (χ0) is 31.5. The third-order valence-electron chi connectivity index (χ3n) is 7.77. The molecule has 0 radical (unpaired) electrons. The molecule has 2 spiro atoms. The number of carbonyl (C=O) groups is 4. The minimum Gasteiger partial charge on any atom is -0.444 e. The molecule has 0 aliphatic carbocycles. The van der Waals surface area contributed by atoms with Crippen molar-refractivity contribution in [2.45, 2.75) is 96.2 Å². The van der Waals surface area contributed by atoms with Crippen LogP contribution in [0.4, 0.5) is 19.2 Å². The Labute approximate surface area is 253 Å². The number of benzene rings is 1. The number of hydrogen-bond acceptors (Lipinski definition) is 8. The van der Waals surface area contributed by atoms with Crippen molar-refractivity contribution in [2.75, 3.05) is 39.3 Å². The maximum atomic E-state index is 12.3. The fourth-order valence-corrected chi connectivity index (χ4v) is 5.51. The molecule has 4 aliphatic rings. The smallest absolute Gasteiger partial charge is 0.410 e. The topological polar surface area (TPSA) is 127 Å². The summed E-state index contributed by atoms with van der Waals surface area (Å²) in [5, 5.41) is 2.67. The third-order valence-corrected chi connectivity index (χ3v) is 7.77. The molecule has 4 amide bonds. The van der Waals surface area contributed by atoms with E-state index < -0.39 is 22.4 Å². The number of hydrogen-bond donors (Lipinski definition) is 1. The van der Waals surface area contributed by atoms with E-state index in [0.717, 1.165) is 5.56 Å². The number of alkyl carbamates (subject to hydrolysis) is 1. The summed E-state index contributed by atoms with van der Waals surface area (Å²) in [6.45, 7) is 15.0. The standard InChI is InChI=1S/C19H26N2O4.C12H20N2O4/c1-18(2,3)24-16(22)20-11-9-19(10-12-20)14-21(17(23)25-19)13-15-7-5-4-6-8-15;1-11(2,3)18-10(16)14-6-4-12(5-7-14)8-13-9(15)17-12/h4-8H,9-14H2,1-3H3;4-8H2,1-3H3,(H,13,15). The summed E-state index contributed by atoms with van der Waals surface area (Å²) in [4.78, 5) is 52.5. The first-order valence-electron chi connectivity index (χ1n) is 15.0. The van der Waals surface area contributed by atoms with Gasteiger partial charge in [0, 0.05) is 58.4 Å². The lowest BCUT2D eigenvalue weighted by atomic mass is 9.91. The van der Waals surface area contributed by atoms with E-state index in [2.05, 4.69) is 5.32 Å². The number of likely N-dealkylation sites (tertiary alicyclic amines) is 2. The zero-order valence-electron chi connectivity index (χ0n) is 26.3. The normalized spacial score (nSPS) is 21.0. The molecule has 238 valence electrons. The van der Waals surface area contributed by atoms with Crippen LogP contribution in [0, 0.1) is 0 Å². The van der Waals surface area contributed by atoms with E-state index in [0.29, 0.717) is 71.5 Å². The highest BCUT2D eigenvalue weighted by Crippen LogP contribution is 2.34. The fourth-order valence-electron chi connectivity index (χ4n) is 5.51. The van der Waals surface area contributed by atoms with E-state index in [1.807, 2.05) is 71.9 Å². The first-order chi connectivity index (χ1) is 20.1. The number of amides is 4. The van der Waals surface area contributed by atoms with Crippen LogP contribution in [0.3, 0.4) is 0 Å². The Bertz CT molecular complexity index is 1160. The first kappa shape index (κ1) is 32.2. The van der Waals surface area contributed by atoms with Gasteiger partial charge in [-0.3, -0.25) is 4.90 Å². The van der Waals surface area contributed by atoms with Crippen molar-refractivity contribution in [1.82, 2.24) is 20.0 Å². The van der Waals surface area contributed by atoms with Crippen LogP contribution in [-0.4, -0.2) is 101 Å². The summed E-state index contributed by atoms with van der Waals surface area (Å²) in [6, 6.07) is 9.89. The SMILES string of the molecule is CC(C)(C)OC(=O)N1CCC2(CC1)CN(Cc1ccccc1)C(=O)O2.CC(C)(C)OC(=O)N1CCC2(CC1)CNC(=O)O2. The van der Waals surface area contributed by atoms with Crippen LogP contribution in [0.15, 0.2) is 30.3 Å². The Balaban J connectivity index is 0.000000208. The Kier molecular flexibility index (Phi) is 9.36. The highest BCUT2D eigenvalue weighted by Gasteiger charge is 2.48. The molecule has 4 fully saturated rings. The van der Waals surface area contributed by atoms with Crippen LogP contribution in [0.2, 0.25) is 0 Å². The molecule has 0 atom stereocenters. The van der Waals surface area contributed by atoms with Gasteiger partial charge in [0.15, 0.2) is 0 Å². The van der Waals surface area contributed by atoms with E-state index >= 15 is 0 Å². The average Bonchev–Trinajstić information content (AvgIpc) is 3.42. The molecule has 5 rings (SSSR count). The van der Waals surface area contributed by atoms with Gasteiger partial charge in [-0.25, -0.2) is 19.2 Å². The van der Waals surface area contributed by atoms with Crippen LogP contribution in [0.1, 0.15) is 72.8 Å². The molecule has 12 heteroatoms. The molecular formula is C31H46N4O8. The van der Waals surface area contributed by atoms with E-state index in [1.54, 1.807) is 14.7 Å². The number of piperidine rings is 2. The second-order valence-corrected chi connectivity index (χ2v) is 13.8. The van der Waals surface area contributed by atoms with Gasteiger partial charge in [-0.15, -0.1) is 0 Å². The van der Waals surface area contributed by atoms with Crippen LogP contribution in [-0.2, 0) is 25.5 Å². The van der Waals surface area contributed by atoms with Gasteiger partial charge in [-0.1, -0.05) is 30.3 Å². The van der Waals surface area contributed by atoms with Crippen molar-refractivity contribution in [3.8, 4) is 0 Å². The van der Waals surface area contributed by atoms with E-state index in [9.17, 15) is 19.2 Å². The molecule has 12 nitrogen and oxygen atoms in total. The monoisotopic (exact) mass is 602 g/mol. The summed E-state index contributed by atoms with van der Waals surface area (Å²) in [6.07, 6.45) is 1.38. The molecule has 0 bridgehead atoms. The Morgan fingerprint density at radius 2 is 1.28 bits per heavy atom. The average molecular weight is 603 g/mol. The molecule has 0 unspecified atom stereocenters. The van der Waals surface area contributed by atoms with Gasteiger partial charge in [0.2, 0.25) is 0 Å². The maximum absolute atomic E-state index is 12.3. The van der Waals surface area contributed by atoms with E-state index in [4.69, 9.17) is 18.9 Å². The lowest BCUT2D eigenvalue weighted by molar-refractivity contribution is -0.0183. The lowest BCUT2D eigenvalue weighted by Crippen LogP contribution is -2.49. The number of rotatable bonds is 2. The molecule has 1 aromatic rings. The summed E-state index contributed by atoms with van der Waals surface area (Å²) in [5.41, 5.74) is -0.797. The highest BCUT2D eigenvalue weighted by atomic mass is 16.6. The minimum atomic E-state index is -0.501. The largest absolute Gasteiger partial charge is 0.444 e. The Morgan fingerprint density at radius 3 is 1.72 bits per heavy atom. The molecular weight excluding hydrogens is 556 g/mol. The molecule has 4 aliphatic heterocycles. The third kappa shape index (κ3) is 8.90. The second-order valence-electron chi connectivity index (χ2n) is 13.8. The van der Waals surface area contributed by atoms with Crippen molar-refractivity contribution >= 4 is 24.4 Å². The molecule has 1 N–H and O–H groups in total. The zero-order valence-corrected chi connectivity index (χ0v) is 26.3. The number of nitrogens with zero attached hydrogens (tertiary/aromatic N) is 3. The van der Waals surface area contributed by atoms with Gasteiger partial charge < -0.3 is 34.1 Å². The summed E-state index contributed by atoms with van der Waals surface area (Å²) >= 11 is 0. The van der Waals surface area contributed by atoms with Crippen LogP contribution < -0.4 is 5.32 Å². The fraction of sp³-hybridized carbons (Fsp3) is 0.677. The number of carbonyl (C=O) groups excluding carboxylic acids is 4. The van der Waals surface area contributed by atoms with E-state index in [-0.39, 0.29) is 24.4 Å². The van der Waals surface area contributed by atoms with Crippen molar-refractivity contribution in [2.24, 2.45) is 0 Å². The van der Waals surface area contributed by atoms with Gasteiger partial charge in [0.1, 0.15) is 22.4 Å². The van der Waals surface area contributed by atoms with Crippen LogP contribution >= 0.6 is 0 Å². The highest BCUT2D eigenvalue weighted by molar-refractivity contribution is 5.72. The van der Waals surface area contributed by atoms with Crippen molar-refractivity contribution in [1.29, 1.82) is 0 Å². The summed E-state index contributed by atoms with van der Waals surface area (Å²) in [5.74, 6) is 0. The second kappa shape index (κ2) is 12.5. The van der Waals surface area contributed by atoms with Gasteiger partial charge in [0.25, 0.3) is 0 Å². The molecule has 4 heterocycles. The Hall–Kier alpha value is -3.70. The number of nitrogens with one attached hydrogen (secondary N) is 1. The molecule has 0 aromatic heterocycles. The molecule has 4 saturated heterocycles. The summed E-state index contributed by atoms with van der Waals surface area (Å²) in [7, 11) is 0. The van der Waals surface area contributed by atoms with Gasteiger partial charge in [-0.2, -0.15) is 0 Å². The lowest BCUT2D eigenvalue weighted by Gasteiger charge is -2.37. The maximum Gasteiger partial charge on any atom is 0.410 e. The van der Waals surface area contributed by atoms with Gasteiger partial charge >= 0.3 is 24.4 Å². The van der Waals surface area contributed by atoms with Crippen molar-refractivity contribution in [3.63, 3.8) is 0 Å². The first-order valence-corrected chi connectivity index (χ1v) is 15.0. The van der Waals surface area contributed by atoms with Crippen molar-refractivity contribution < 1.29 is 38.1 Å². The molecule has 1 aromatic carbocycles. The van der Waals surface area contributed by atoms with Gasteiger partial charge in [-0.05, 0) is 47.1 Å². The van der Waals surface area contributed by atoms with E-state index in [1.165, 1.54) is 0 Å². The van der Waals surface area contributed by atoms with Gasteiger partial charge in [0.05, 0.1) is 13.1 Å². The van der Waals surface area contributed by atoms with Crippen molar-refractivity contribution in [3.05, 3.63) is 35.9 Å².